The zero-order valence-electron chi connectivity index (χ0n) is 8.48. The van der Waals surface area contributed by atoms with Gasteiger partial charge in [0.2, 0.25) is 0 Å². The van der Waals surface area contributed by atoms with E-state index < -0.39 is 0 Å². The van der Waals surface area contributed by atoms with Crippen LogP contribution in [0.4, 0.5) is 5.69 Å². The van der Waals surface area contributed by atoms with E-state index in [-0.39, 0.29) is 5.78 Å². The van der Waals surface area contributed by atoms with Crippen molar-refractivity contribution in [1.82, 2.24) is 0 Å². The van der Waals surface area contributed by atoms with Crippen LogP contribution in [0.5, 0.6) is 0 Å². The third-order valence-electron chi connectivity index (χ3n) is 2.29. The molecule has 0 heterocycles. The molecule has 0 bridgehead atoms. The summed E-state index contributed by atoms with van der Waals surface area (Å²) in [6.45, 7) is 0. The summed E-state index contributed by atoms with van der Waals surface area (Å²) >= 11 is 3.36. The summed E-state index contributed by atoms with van der Waals surface area (Å²) < 4.78 is 0.803. The topological polar surface area (TPSA) is 43.1 Å². The summed E-state index contributed by atoms with van der Waals surface area (Å²) in [6.07, 6.45) is 0. The van der Waals surface area contributed by atoms with E-state index in [0.29, 0.717) is 16.8 Å². The lowest BCUT2D eigenvalue weighted by Crippen LogP contribution is -2.02. The molecule has 2 nitrogen and oxygen atoms in total. The number of halogens is 1. The van der Waals surface area contributed by atoms with Gasteiger partial charge in [0.05, 0.1) is 0 Å². The third kappa shape index (κ3) is 2.14. The van der Waals surface area contributed by atoms with Gasteiger partial charge in [0.15, 0.2) is 5.78 Å². The highest BCUT2D eigenvalue weighted by molar-refractivity contribution is 9.10. The Morgan fingerprint density at radius 3 is 2.25 bits per heavy atom. The first-order valence-electron chi connectivity index (χ1n) is 4.83. The van der Waals surface area contributed by atoms with Gasteiger partial charge in [0, 0.05) is 21.3 Å². The van der Waals surface area contributed by atoms with Gasteiger partial charge in [-0.15, -0.1) is 0 Å². The molecule has 0 atom stereocenters. The van der Waals surface area contributed by atoms with Crippen molar-refractivity contribution in [1.29, 1.82) is 0 Å². The van der Waals surface area contributed by atoms with Gasteiger partial charge in [-0.2, -0.15) is 0 Å². The molecule has 2 N–H and O–H groups in total. The summed E-state index contributed by atoms with van der Waals surface area (Å²) in [7, 11) is 0. The Kier molecular flexibility index (Phi) is 3.06. The molecule has 0 amide bonds. The van der Waals surface area contributed by atoms with Crippen molar-refractivity contribution >= 4 is 27.4 Å². The van der Waals surface area contributed by atoms with Gasteiger partial charge in [-0.25, -0.2) is 0 Å². The molecule has 80 valence electrons. The highest BCUT2D eigenvalue weighted by Crippen LogP contribution is 2.20. The largest absolute Gasteiger partial charge is 0.399 e. The van der Waals surface area contributed by atoms with Gasteiger partial charge in [-0.1, -0.05) is 28.1 Å². The molecule has 0 aromatic heterocycles. The Labute approximate surface area is 102 Å². The quantitative estimate of drug-likeness (QED) is 0.675. The SMILES string of the molecule is Nc1ccc(C(=O)c2ccccc2Br)cc1. The summed E-state index contributed by atoms with van der Waals surface area (Å²) in [5.41, 5.74) is 7.53. The number of carbonyl (C=O) groups is 1. The van der Waals surface area contributed by atoms with Crippen molar-refractivity contribution in [3.05, 3.63) is 64.1 Å². The van der Waals surface area contributed by atoms with Crippen molar-refractivity contribution in [2.45, 2.75) is 0 Å². The van der Waals surface area contributed by atoms with Crippen molar-refractivity contribution in [3.63, 3.8) is 0 Å². The smallest absolute Gasteiger partial charge is 0.194 e. The molecule has 0 unspecified atom stereocenters. The number of nitrogen functional groups attached to an aromatic ring is 1. The predicted molar refractivity (Wildman–Crippen MR) is 68.4 cm³/mol. The standard InChI is InChI=1S/C13H10BrNO/c14-12-4-2-1-3-11(12)13(16)9-5-7-10(15)8-6-9/h1-8H,15H2. The van der Waals surface area contributed by atoms with Gasteiger partial charge in [-0.05, 0) is 36.4 Å². The van der Waals surface area contributed by atoms with Gasteiger partial charge < -0.3 is 5.73 Å². The first-order valence-corrected chi connectivity index (χ1v) is 5.62. The fourth-order valence-electron chi connectivity index (χ4n) is 1.44. The highest BCUT2D eigenvalue weighted by Gasteiger charge is 2.11. The van der Waals surface area contributed by atoms with Gasteiger partial charge in [0.25, 0.3) is 0 Å². The lowest BCUT2D eigenvalue weighted by Gasteiger charge is -2.03. The zero-order chi connectivity index (χ0) is 11.5. The molecule has 0 saturated heterocycles. The van der Waals surface area contributed by atoms with Crippen LogP contribution < -0.4 is 5.73 Å². The molecular formula is C13H10BrNO. The van der Waals surface area contributed by atoms with Crippen LogP contribution in [-0.4, -0.2) is 5.78 Å². The molecule has 2 aromatic carbocycles. The van der Waals surface area contributed by atoms with Gasteiger partial charge >= 0.3 is 0 Å². The van der Waals surface area contributed by atoms with E-state index >= 15 is 0 Å². The van der Waals surface area contributed by atoms with Crippen LogP contribution in [0, 0.1) is 0 Å². The molecule has 0 spiro atoms. The van der Waals surface area contributed by atoms with E-state index in [2.05, 4.69) is 15.9 Å². The van der Waals surface area contributed by atoms with Crippen LogP contribution in [-0.2, 0) is 0 Å². The lowest BCUT2D eigenvalue weighted by atomic mass is 10.0. The maximum Gasteiger partial charge on any atom is 0.194 e. The average Bonchev–Trinajstić information content (AvgIpc) is 2.30. The minimum absolute atomic E-state index is 0.00697. The van der Waals surface area contributed by atoms with E-state index in [0.717, 1.165) is 4.47 Å². The zero-order valence-corrected chi connectivity index (χ0v) is 10.1. The predicted octanol–water partition coefficient (Wildman–Crippen LogP) is 3.26. The number of anilines is 1. The average molecular weight is 276 g/mol. The van der Waals surface area contributed by atoms with Crippen LogP contribution in [0.2, 0.25) is 0 Å². The molecule has 2 rings (SSSR count). The highest BCUT2D eigenvalue weighted by atomic mass is 79.9. The number of rotatable bonds is 2. The first kappa shape index (κ1) is 10.9. The molecule has 0 saturated carbocycles. The van der Waals surface area contributed by atoms with Crippen LogP contribution >= 0.6 is 15.9 Å². The maximum atomic E-state index is 12.1. The van der Waals surface area contributed by atoms with Crippen molar-refractivity contribution < 1.29 is 4.79 Å². The van der Waals surface area contributed by atoms with Crippen LogP contribution in [0.25, 0.3) is 0 Å². The second-order valence-corrected chi connectivity index (χ2v) is 4.29. The van der Waals surface area contributed by atoms with E-state index in [1.165, 1.54) is 0 Å². The molecule has 0 aliphatic rings. The Hall–Kier alpha value is -1.61. The summed E-state index contributed by atoms with van der Waals surface area (Å²) in [5, 5.41) is 0. The number of nitrogens with two attached hydrogens (primary N) is 1. The Balaban J connectivity index is 2.40. The van der Waals surface area contributed by atoms with E-state index in [1.54, 1.807) is 30.3 Å². The van der Waals surface area contributed by atoms with Crippen LogP contribution in [0.1, 0.15) is 15.9 Å². The maximum absolute atomic E-state index is 12.1. The van der Waals surface area contributed by atoms with Crippen molar-refractivity contribution in [2.24, 2.45) is 0 Å². The van der Waals surface area contributed by atoms with E-state index in [9.17, 15) is 4.79 Å². The molecule has 0 fully saturated rings. The Bertz CT molecular complexity index is 520. The number of ketones is 1. The number of hydrogen-bond acceptors (Lipinski definition) is 2. The molecule has 16 heavy (non-hydrogen) atoms. The minimum atomic E-state index is -0.00697. The van der Waals surface area contributed by atoms with Crippen molar-refractivity contribution in [2.75, 3.05) is 5.73 Å². The molecule has 0 radical (unpaired) electrons. The number of carbonyl (C=O) groups excluding carboxylic acids is 1. The number of benzene rings is 2. The van der Waals surface area contributed by atoms with E-state index in [1.807, 2.05) is 18.2 Å². The van der Waals surface area contributed by atoms with Crippen molar-refractivity contribution in [3.8, 4) is 0 Å². The summed E-state index contributed by atoms with van der Waals surface area (Å²) in [5.74, 6) is -0.00697. The van der Waals surface area contributed by atoms with Gasteiger partial charge in [0.1, 0.15) is 0 Å². The third-order valence-corrected chi connectivity index (χ3v) is 2.98. The normalized spacial score (nSPS) is 10.1. The fraction of sp³-hybridized carbons (Fsp3) is 0. The summed E-state index contributed by atoms with van der Waals surface area (Å²) in [6, 6.07) is 14.3. The molecule has 0 aliphatic carbocycles. The Morgan fingerprint density at radius 2 is 1.62 bits per heavy atom. The lowest BCUT2D eigenvalue weighted by molar-refractivity contribution is 0.103. The monoisotopic (exact) mass is 275 g/mol. The fourth-order valence-corrected chi connectivity index (χ4v) is 1.90. The molecule has 3 heteroatoms. The van der Waals surface area contributed by atoms with Crippen LogP contribution in [0.15, 0.2) is 53.0 Å². The first-order chi connectivity index (χ1) is 7.68. The Morgan fingerprint density at radius 1 is 1.00 bits per heavy atom. The summed E-state index contributed by atoms with van der Waals surface area (Å²) in [4.78, 5) is 12.1. The second-order valence-electron chi connectivity index (χ2n) is 3.43. The van der Waals surface area contributed by atoms with E-state index in [4.69, 9.17) is 5.73 Å². The number of hydrogen-bond donors (Lipinski definition) is 1. The minimum Gasteiger partial charge on any atom is -0.399 e. The van der Waals surface area contributed by atoms with Crippen LogP contribution in [0.3, 0.4) is 0 Å². The van der Waals surface area contributed by atoms with Gasteiger partial charge in [-0.3, -0.25) is 4.79 Å². The molecular weight excluding hydrogens is 266 g/mol. The molecule has 0 aliphatic heterocycles. The second kappa shape index (κ2) is 4.49. The molecule has 2 aromatic rings.